The zero-order chi connectivity index (χ0) is 35.6. The second-order valence-electron chi connectivity index (χ2n) is 13.5. The minimum absolute atomic E-state index is 0.579. The van der Waals surface area contributed by atoms with Crippen LogP contribution in [0.1, 0.15) is 0 Å². The molecule has 5 nitrogen and oxygen atoms in total. The molecule has 0 fully saturated rings. The summed E-state index contributed by atoms with van der Waals surface area (Å²) < 4.78 is 19.2. The summed E-state index contributed by atoms with van der Waals surface area (Å²) in [5, 5.41) is 3.99. The van der Waals surface area contributed by atoms with Gasteiger partial charge in [-0.3, -0.25) is 0 Å². The molecule has 3 heterocycles. The molecule has 8 aromatic carbocycles. The molecule has 0 aliphatic carbocycles. The third-order valence-electron chi connectivity index (χ3n) is 10.3. The molecule has 3 aromatic heterocycles. The van der Waals surface area contributed by atoms with E-state index in [1.54, 1.807) is 0 Å². The summed E-state index contributed by atoms with van der Waals surface area (Å²) in [6, 6.07) is 62.8. The van der Waals surface area contributed by atoms with Gasteiger partial charge in [0.1, 0.15) is 27.8 Å². The highest BCUT2D eigenvalue weighted by Gasteiger charge is 2.23. The number of fused-ring (bicyclic) bond motifs is 8. The molecular weight excluding hydrogens is 665 g/mol. The molecule has 0 bridgehead atoms. The molecule has 54 heavy (non-hydrogen) atoms. The fraction of sp³-hybridized carbons (Fsp3) is 0. The second-order valence-corrected chi connectivity index (χ2v) is 13.5. The first-order valence-corrected chi connectivity index (χ1v) is 18.0. The molecule has 0 unspecified atom stereocenters. The van der Waals surface area contributed by atoms with Crippen LogP contribution >= 0.6 is 0 Å². The number of anilines is 3. The fourth-order valence-corrected chi connectivity index (χ4v) is 7.85. The highest BCUT2D eigenvalue weighted by Crippen LogP contribution is 2.47. The van der Waals surface area contributed by atoms with E-state index in [1.807, 2.05) is 60.7 Å². The molecule has 11 rings (SSSR count). The maximum absolute atomic E-state index is 6.46. The third kappa shape index (κ3) is 4.83. The molecule has 0 radical (unpaired) electrons. The van der Waals surface area contributed by atoms with Gasteiger partial charge in [0, 0.05) is 27.7 Å². The lowest BCUT2D eigenvalue weighted by molar-refractivity contribution is 0.619. The second kappa shape index (κ2) is 12.1. The van der Waals surface area contributed by atoms with E-state index in [0.717, 1.165) is 94.3 Å². The molecule has 0 atom stereocenters. The highest BCUT2D eigenvalue weighted by molar-refractivity contribution is 6.18. The Morgan fingerprint density at radius 3 is 1.72 bits per heavy atom. The molecule has 0 N–H and O–H groups in total. The lowest BCUT2D eigenvalue weighted by Crippen LogP contribution is -2.10. The fourth-order valence-electron chi connectivity index (χ4n) is 7.85. The van der Waals surface area contributed by atoms with Crippen LogP contribution in [0.5, 0.6) is 0 Å². The number of furan rings is 2. The van der Waals surface area contributed by atoms with Crippen LogP contribution in [0.4, 0.5) is 17.1 Å². The Labute approximate surface area is 309 Å². The van der Waals surface area contributed by atoms with Gasteiger partial charge in [0.2, 0.25) is 5.89 Å². The van der Waals surface area contributed by atoms with Crippen molar-refractivity contribution < 1.29 is 13.3 Å². The lowest BCUT2D eigenvalue weighted by Gasteiger charge is -2.27. The van der Waals surface area contributed by atoms with Gasteiger partial charge in [0.15, 0.2) is 5.58 Å². The number of hydrogen-bond acceptors (Lipinski definition) is 5. The summed E-state index contributed by atoms with van der Waals surface area (Å²) in [5.41, 5.74) is 13.2. The van der Waals surface area contributed by atoms with Crippen molar-refractivity contribution in [3.8, 4) is 33.7 Å². The Kier molecular flexibility index (Phi) is 6.79. The molecule has 5 heteroatoms. The van der Waals surface area contributed by atoms with Crippen LogP contribution in [0.15, 0.2) is 195 Å². The van der Waals surface area contributed by atoms with E-state index in [1.165, 1.54) is 0 Å². The first-order valence-electron chi connectivity index (χ1n) is 18.0. The third-order valence-corrected chi connectivity index (χ3v) is 10.3. The van der Waals surface area contributed by atoms with Gasteiger partial charge in [-0.25, -0.2) is 4.98 Å². The van der Waals surface area contributed by atoms with E-state index in [0.29, 0.717) is 11.5 Å². The minimum Gasteiger partial charge on any atom is -0.456 e. The molecule has 0 aliphatic heterocycles. The van der Waals surface area contributed by atoms with Gasteiger partial charge < -0.3 is 18.2 Å². The summed E-state index contributed by atoms with van der Waals surface area (Å²) in [5.74, 6) is 0.579. The maximum Gasteiger partial charge on any atom is 0.227 e. The first-order chi connectivity index (χ1) is 26.8. The number of benzene rings is 8. The van der Waals surface area contributed by atoms with Gasteiger partial charge >= 0.3 is 0 Å². The van der Waals surface area contributed by atoms with Gasteiger partial charge in [-0.2, -0.15) is 0 Å². The number of oxazole rings is 1. The van der Waals surface area contributed by atoms with Crippen molar-refractivity contribution in [3.05, 3.63) is 182 Å². The Hall–Kier alpha value is -7.37. The van der Waals surface area contributed by atoms with Gasteiger partial charge in [0.05, 0.1) is 16.5 Å². The molecule has 0 aliphatic rings. The van der Waals surface area contributed by atoms with Gasteiger partial charge in [-0.1, -0.05) is 109 Å². The predicted molar refractivity (Wildman–Crippen MR) is 220 cm³/mol. The van der Waals surface area contributed by atoms with E-state index in [2.05, 4.69) is 126 Å². The number of rotatable bonds is 6. The maximum atomic E-state index is 6.46. The van der Waals surface area contributed by atoms with Crippen LogP contribution in [0.25, 0.3) is 88.7 Å². The van der Waals surface area contributed by atoms with E-state index in [-0.39, 0.29) is 0 Å². The Morgan fingerprint density at radius 1 is 0.370 bits per heavy atom. The summed E-state index contributed by atoms with van der Waals surface area (Å²) >= 11 is 0. The topological polar surface area (TPSA) is 55.6 Å². The average molecular weight is 695 g/mol. The molecule has 11 aromatic rings. The van der Waals surface area contributed by atoms with Crippen molar-refractivity contribution in [3.63, 3.8) is 0 Å². The predicted octanol–water partition coefficient (Wildman–Crippen LogP) is 14.1. The van der Waals surface area contributed by atoms with E-state index in [9.17, 15) is 0 Å². The molecule has 254 valence electrons. The normalized spacial score (nSPS) is 11.7. The number of para-hydroxylation sites is 1. The summed E-state index contributed by atoms with van der Waals surface area (Å²) in [6.45, 7) is 0. The first kappa shape index (κ1) is 30.3. The average Bonchev–Trinajstić information content (AvgIpc) is 3.95. The van der Waals surface area contributed by atoms with Crippen molar-refractivity contribution in [2.45, 2.75) is 0 Å². The van der Waals surface area contributed by atoms with Crippen molar-refractivity contribution in [2.24, 2.45) is 0 Å². The van der Waals surface area contributed by atoms with Crippen molar-refractivity contribution in [2.75, 3.05) is 4.90 Å². The smallest absolute Gasteiger partial charge is 0.227 e. The SMILES string of the molecule is c1ccc(-c2nc3c(ccc4oc5ccc(N(c6ccc(-c7ccccc7)c(-c7ccccc7)c6)c6cccc7oc8ccccc8c67)cc5c43)o2)cc1. The Bertz CT molecular complexity index is 3160. The Balaban J connectivity index is 1.19. The van der Waals surface area contributed by atoms with Crippen LogP contribution in [0.3, 0.4) is 0 Å². The highest BCUT2D eigenvalue weighted by atomic mass is 16.4. The molecule has 0 saturated carbocycles. The van der Waals surface area contributed by atoms with Crippen LogP contribution in [-0.2, 0) is 0 Å². The zero-order valence-corrected chi connectivity index (χ0v) is 28.9. The van der Waals surface area contributed by atoms with Crippen molar-refractivity contribution in [1.29, 1.82) is 0 Å². The molecule has 0 amide bonds. The number of nitrogens with zero attached hydrogens (tertiary/aromatic N) is 2. The minimum atomic E-state index is 0.579. The summed E-state index contributed by atoms with van der Waals surface area (Å²) in [4.78, 5) is 7.36. The Morgan fingerprint density at radius 2 is 0.944 bits per heavy atom. The standard InChI is InChI=1S/C49H30N2O3/c1-4-13-31(14-5-1)36-25-23-34(29-38(36)32-15-6-2-7-16-32)51(40-20-12-22-43-46(40)37-19-10-11-21-41(37)52-43)35-24-26-42-39(30-35)47-44(53-42)27-28-45-48(47)50-49(54-45)33-17-8-3-9-18-33/h1-30H. The summed E-state index contributed by atoms with van der Waals surface area (Å²) in [6.07, 6.45) is 0. The molecular formula is C49H30N2O3. The van der Waals surface area contributed by atoms with E-state index in [4.69, 9.17) is 18.2 Å². The van der Waals surface area contributed by atoms with Crippen LogP contribution < -0.4 is 4.90 Å². The summed E-state index contributed by atoms with van der Waals surface area (Å²) in [7, 11) is 0. The largest absolute Gasteiger partial charge is 0.456 e. The number of aromatic nitrogens is 1. The zero-order valence-electron chi connectivity index (χ0n) is 28.9. The van der Waals surface area contributed by atoms with Crippen LogP contribution in [-0.4, -0.2) is 4.98 Å². The number of hydrogen-bond donors (Lipinski definition) is 0. The van der Waals surface area contributed by atoms with Gasteiger partial charge in [-0.05, 0) is 95.1 Å². The monoisotopic (exact) mass is 694 g/mol. The quantitative estimate of drug-likeness (QED) is 0.173. The molecule has 0 saturated heterocycles. The van der Waals surface area contributed by atoms with Gasteiger partial charge in [-0.15, -0.1) is 0 Å². The lowest BCUT2D eigenvalue weighted by atomic mass is 9.93. The van der Waals surface area contributed by atoms with Crippen LogP contribution in [0, 0.1) is 0 Å². The van der Waals surface area contributed by atoms with Crippen LogP contribution in [0.2, 0.25) is 0 Å². The van der Waals surface area contributed by atoms with Crippen molar-refractivity contribution in [1.82, 2.24) is 4.98 Å². The molecule has 0 spiro atoms. The van der Waals surface area contributed by atoms with E-state index >= 15 is 0 Å². The van der Waals surface area contributed by atoms with Crippen molar-refractivity contribution >= 4 is 72.0 Å². The van der Waals surface area contributed by atoms with Gasteiger partial charge in [0.25, 0.3) is 0 Å². The van der Waals surface area contributed by atoms with E-state index < -0.39 is 0 Å².